The van der Waals surface area contributed by atoms with Crippen molar-refractivity contribution in [1.82, 2.24) is 4.98 Å². The molecule has 1 atom stereocenters. The molecule has 3 aromatic carbocycles. The van der Waals surface area contributed by atoms with E-state index in [1.54, 1.807) is 6.07 Å². The number of nitrogens with zero attached hydrogens (tertiary/aromatic N) is 3. The Morgan fingerprint density at radius 3 is 2.57 bits per heavy atom. The molecule has 35 heavy (non-hydrogen) atoms. The first kappa shape index (κ1) is 22.4. The van der Waals surface area contributed by atoms with Gasteiger partial charge >= 0.3 is 5.91 Å². The lowest BCUT2D eigenvalue weighted by Gasteiger charge is -2.22. The quantitative estimate of drug-likeness (QED) is 0.137. The molecule has 0 saturated carbocycles. The Bertz CT molecular complexity index is 1560. The van der Waals surface area contributed by atoms with Crippen molar-refractivity contribution in [3.8, 4) is 0 Å². The van der Waals surface area contributed by atoms with Crippen LogP contribution in [-0.2, 0) is 9.59 Å². The highest BCUT2D eigenvalue weighted by Crippen LogP contribution is 2.44. The zero-order chi connectivity index (χ0) is 24.9. The maximum Gasteiger partial charge on any atom is 0.301 e. The number of hydrogen-bond acceptors (Lipinski definition) is 7. The molecule has 5 rings (SSSR count). The summed E-state index contributed by atoms with van der Waals surface area (Å²) in [5, 5.41) is 22.7. The van der Waals surface area contributed by atoms with Crippen LogP contribution in [0, 0.1) is 22.9 Å². The highest BCUT2D eigenvalue weighted by Gasteiger charge is 2.48. The fourth-order valence-electron chi connectivity index (χ4n) is 4.04. The van der Waals surface area contributed by atoms with Crippen molar-refractivity contribution in [1.29, 1.82) is 0 Å². The summed E-state index contributed by atoms with van der Waals surface area (Å²) in [4.78, 5) is 43.0. The molecule has 1 aliphatic rings. The molecular formula is C25H16FN3O5S. The van der Waals surface area contributed by atoms with Gasteiger partial charge < -0.3 is 5.11 Å². The second-order valence-electron chi connectivity index (χ2n) is 8.00. The highest BCUT2D eigenvalue weighted by atomic mass is 32.1. The van der Waals surface area contributed by atoms with Gasteiger partial charge in [0.1, 0.15) is 11.6 Å². The number of ketones is 1. The summed E-state index contributed by atoms with van der Waals surface area (Å²) in [6, 6.07) is 14.7. The first-order valence-electron chi connectivity index (χ1n) is 10.4. The summed E-state index contributed by atoms with van der Waals surface area (Å²) < 4.78 is 14.2. The van der Waals surface area contributed by atoms with Gasteiger partial charge in [-0.1, -0.05) is 29.5 Å². The Balaban J connectivity index is 1.75. The molecule has 174 valence electrons. The van der Waals surface area contributed by atoms with Crippen molar-refractivity contribution >= 4 is 49.8 Å². The summed E-state index contributed by atoms with van der Waals surface area (Å²) in [6.07, 6.45) is 0. The lowest BCUT2D eigenvalue weighted by molar-refractivity contribution is -0.384. The first-order valence-corrected chi connectivity index (χ1v) is 11.2. The molecule has 1 saturated heterocycles. The number of aryl methyl sites for hydroxylation is 1. The maximum absolute atomic E-state index is 13.4. The van der Waals surface area contributed by atoms with Gasteiger partial charge in [-0.05, 0) is 54.4 Å². The zero-order valence-electron chi connectivity index (χ0n) is 18.1. The van der Waals surface area contributed by atoms with Gasteiger partial charge in [-0.2, -0.15) is 0 Å². The number of thiazole rings is 1. The number of fused-ring (bicyclic) bond motifs is 1. The number of amides is 1. The minimum absolute atomic E-state index is 0.125. The lowest BCUT2D eigenvalue weighted by atomic mass is 9.95. The Morgan fingerprint density at radius 2 is 1.86 bits per heavy atom. The second kappa shape index (κ2) is 8.41. The molecule has 4 aromatic rings. The van der Waals surface area contributed by atoms with Crippen molar-refractivity contribution < 1.29 is 24.0 Å². The number of halogens is 1. The highest BCUT2D eigenvalue weighted by molar-refractivity contribution is 7.22. The summed E-state index contributed by atoms with van der Waals surface area (Å²) in [7, 11) is 0. The molecule has 1 aromatic heterocycles. The SMILES string of the molecule is Cc1ccc2nc(N3C(=O)C(=O)/C(=C(/O)c4ccc(F)cc4)[C@@H]3c3cccc([N+](=O)[O-])c3)sc2c1. The van der Waals surface area contributed by atoms with Gasteiger partial charge in [-0.25, -0.2) is 9.37 Å². The summed E-state index contributed by atoms with van der Waals surface area (Å²) in [6.45, 7) is 1.91. The third-order valence-electron chi connectivity index (χ3n) is 5.70. The third-order valence-corrected chi connectivity index (χ3v) is 6.72. The molecule has 1 fully saturated rings. The number of nitro benzene ring substituents is 1. The predicted octanol–water partition coefficient (Wildman–Crippen LogP) is 5.28. The number of Topliss-reactive ketones (excluding diaryl/α,β-unsaturated/α-hetero) is 1. The Kier molecular flexibility index (Phi) is 5.37. The van der Waals surface area contributed by atoms with E-state index in [0.717, 1.165) is 27.3 Å². The number of benzene rings is 3. The van der Waals surface area contributed by atoms with E-state index in [0.29, 0.717) is 5.52 Å². The van der Waals surface area contributed by atoms with Gasteiger partial charge in [0.2, 0.25) is 0 Å². The van der Waals surface area contributed by atoms with Crippen LogP contribution in [0.5, 0.6) is 0 Å². The summed E-state index contributed by atoms with van der Waals surface area (Å²) >= 11 is 1.19. The van der Waals surface area contributed by atoms with Crippen LogP contribution in [0.2, 0.25) is 0 Å². The van der Waals surface area contributed by atoms with Crippen LogP contribution in [0.25, 0.3) is 16.0 Å². The molecule has 2 heterocycles. The molecule has 0 bridgehead atoms. The number of anilines is 1. The van der Waals surface area contributed by atoms with E-state index < -0.39 is 34.2 Å². The number of non-ortho nitro benzene ring substituents is 1. The van der Waals surface area contributed by atoms with Crippen molar-refractivity contribution in [2.75, 3.05) is 4.90 Å². The van der Waals surface area contributed by atoms with Crippen molar-refractivity contribution in [3.05, 3.63) is 105 Å². The monoisotopic (exact) mass is 489 g/mol. The molecular weight excluding hydrogens is 473 g/mol. The average molecular weight is 489 g/mol. The maximum atomic E-state index is 13.4. The smallest absolute Gasteiger partial charge is 0.301 e. The molecule has 0 aliphatic carbocycles. The van der Waals surface area contributed by atoms with Gasteiger partial charge in [-0.15, -0.1) is 0 Å². The molecule has 0 unspecified atom stereocenters. The number of aliphatic hydroxyl groups excluding tert-OH is 1. The average Bonchev–Trinajstić information content (AvgIpc) is 3.37. The van der Waals surface area contributed by atoms with Gasteiger partial charge in [0.05, 0.1) is 26.8 Å². The molecule has 10 heteroatoms. The second-order valence-corrected chi connectivity index (χ2v) is 9.00. The standard InChI is InChI=1S/C25H16FN3O5S/c1-13-5-10-18-19(11-13)35-25(27-18)28-21(15-3-2-4-17(12-15)29(33)34)20(23(31)24(28)32)22(30)14-6-8-16(26)9-7-14/h2-12,21,30H,1H3/b22-20+/t21-/m0/s1. The van der Waals surface area contributed by atoms with Crippen LogP contribution >= 0.6 is 11.3 Å². The minimum Gasteiger partial charge on any atom is -0.507 e. The van der Waals surface area contributed by atoms with Gasteiger partial charge in [-0.3, -0.25) is 24.6 Å². The Labute approximate surface area is 201 Å². The van der Waals surface area contributed by atoms with Crippen LogP contribution in [0.15, 0.2) is 72.3 Å². The predicted molar refractivity (Wildman–Crippen MR) is 129 cm³/mol. The van der Waals surface area contributed by atoms with E-state index in [1.807, 2.05) is 19.1 Å². The van der Waals surface area contributed by atoms with Crippen molar-refractivity contribution in [2.45, 2.75) is 13.0 Å². The van der Waals surface area contributed by atoms with E-state index in [4.69, 9.17) is 0 Å². The van der Waals surface area contributed by atoms with E-state index in [1.165, 1.54) is 47.7 Å². The molecule has 1 amide bonds. The topological polar surface area (TPSA) is 114 Å². The largest absolute Gasteiger partial charge is 0.507 e. The van der Waals surface area contributed by atoms with Crippen LogP contribution in [0.1, 0.15) is 22.7 Å². The number of carbonyl (C=O) groups is 2. The zero-order valence-corrected chi connectivity index (χ0v) is 19.0. The minimum atomic E-state index is -1.18. The fraction of sp³-hybridized carbons (Fsp3) is 0.0800. The number of nitro groups is 1. The van der Waals surface area contributed by atoms with E-state index in [2.05, 4.69) is 4.98 Å². The van der Waals surface area contributed by atoms with Crippen LogP contribution in [-0.4, -0.2) is 26.7 Å². The number of hydrogen-bond donors (Lipinski definition) is 1. The number of aromatic nitrogens is 1. The molecule has 1 aliphatic heterocycles. The van der Waals surface area contributed by atoms with Gasteiger partial charge in [0.15, 0.2) is 5.13 Å². The Hall–Kier alpha value is -4.44. The molecule has 1 N–H and O–H groups in total. The third kappa shape index (κ3) is 3.83. The normalized spacial score (nSPS) is 17.3. The van der Waals surface area contributed by atoms with Crippen LogP contribution in [0.4, 0.5) is 15.2 Å². The van der Waals surface area contributed by atoms with E-state index >= 15 is 0 Å². The van der Waals surface area contributed by atoms with Crippen LogP contribution in [0.3, 0.4) is 0 Å². The number of carbonyl (C=O) groups excluding carboxylic acids is 2. The number of rotatable bonds is 4. The van der Waals surface area contributed by atoms with Crippen molar-refractivity contribution in [2.24, 2.45) is 0 Å². The van der Waals surface area contributed by atoms with E-state index in [-0.39, 0.29) is 27.5 Å². The molecule has 0 radical (unpaired) electrons. The molecule has 0 spiro atoms. The summed E-state index contributed by atoms with van der Waals surface area (Å²) in [5.74, 6) is -2.96. The Morgan fingerprint density at radius 1 is 1.11 bits per heavy atom. The van der Waals surface area contributed by atoms with Gasteiger partial charge in [0.25, 0.3) is 11.5 Å². The van der Waals surface area contributed by atoms with Crippen molar-refractivity contribution in [3.63, 3.8) is 0 Å². The lowest BCUT2D eigenvalue weighted by Crippen LogP contribution is -2.29. The number of aliphatic hydroxyl groups is 1. The van der Waals surface area contributed by atoms with Crippen LogP contribution < -0.4 is 4.90 Å². The van der Waals surface area contributed by atoms with Gasteiger partial charge in [0, 0.05) is 17.7 Å². The molecule has 8 nitrogen and oxygen atoms in total. The van der Waals surface area contributed by atoms with E-state index in [9.17, 15) is 29.2 Å². The summed E-state index contributed by atoms with van der Waals surface area (Å²) in [5.41, 5.74) is 1.47. The first-order chi connectivity index (χ1) is 16.7. The fourth-order valence-corrected chi connectivity index (χ4v) is 5.13.